The summed E-state index contributed by atoms with van der Waals surface area (Å²) in [5.74, 6) is 0.0546. The van der Waals surface area contributed by atoms with Crippen molar-refractivity contribution in [3.05, 3.63) is 65.7 Å². The second-order valence-electron chi connectivity index (χ2n) is 6.21. The van der Waals surface area contributed by atoms with E-state index in [1.165, 1.54) is 11.0 Å². The third-order valence-electron chi connectivity index (χ3n) is 4.02. The highest BCUT2D eigenvalue weighted by atomic mass is 16.1. The lowest BCUT2D eigenvalue weighted by Crippen LogP contribution is -2.32. The number of nitrogens with one attached hydrogen (secondary N) is 1. The number of nitrogens with zero attached hydrogens (tertiary/aromatic N) is 5. The van der Waals surface area contributed by atoms with Crippen LogP contribution in [0.2, 0.25) is 0 Å². The van der Waals surface area contributed by atoms with Gasteiger partial charge in [0.1, 0.15) is 6.33 Å². The van der Waals surface area contributed by atoms with Crippen molar-refractivity contribution in [2.45, 2.75) is 26.8 Å². The fourth-order valence-electron chi connectivity index (χ4n) is 2.67. The van der Waals surface area contributed by atoms with E-state index in [1.54, 1.807) is 18.3 Å². The molecule has 0 saturated heterocycles. The number of carbonyl (C=O) groups is 1. The van der Waals surface area contributed by atoms with E-state index >= 15 is 0 Å². The smallest absolute Gasteiger partial charge is 0.251 e. The largest absolute Gasteiger partial charge is 0.343 e. The van der Waals surface area contributed by atoms with Crippen LogP contribution < -0.4 is 5.32 Å². The van der Waals surface area contributed by atoms with E-state index in [0.717, 1.165) is 16.9 Å². The number of aryl methyl sites for hydroxylation is 1. The molecule has 2 aromatic heterocycles. The van der Waals surface area contributed by atoms with Gasteiger partial charge in [0.25, 0.3) is 5.91 Å². The normalized spacial score (nSPS) is 12.2. The molecule has 3 rings (SSSR count). The van der Waals surface area contributed by atoms with Gasteiger partial charge in [-0.3, -0.25) is 9.78 Å². The Kier molecular flexibility index (Phi) is 4.83. The topological polar surface area (TPSA) is 85.6 Å². The van der Waals surface area contributed by atoms with E-state index in [-0.39, 0.29) is 17.9 Å². The molecule has 0 spiro atoms. The molecule has 0 fully saturated rings. The van der Waals surface area contributed by atoms with Crippen molar-refractivity contribution in [3.8, 4) is 5.69 Å². The average Bonchev–Trinajstić information content (AvgIpc) is 3.15. The highest BCUT2D eigenvalue weighted by Crippen LogP contribution is 2.23. The Balaban J connectivity index is 1.85. The fraction of sp³-hybridized carbons (Fsp3) is 0.278. The summed E-state index contributed by atoms with van der Waals surface area (Å²) >= 11 is 0. The van der Waals surface area contributed by atoms with Crippen LogP contribution >= 0.6 is 0 Å². The Morgan fingerprint density at radius 2 is 2.04 bits per heavy atom. The minimum Gasteiger partial charge on any atom is -0.343 e. The molecule has 1 amide bonds. The minimum atomic E-state index is -0.162. The number of benzene rings is 1. The van der Waals surface area contributed by atoms with Gasteiger partial charge in [-0.15, -0.1) is 5.10 Å². The van der Waals surface area contributed by atoms with Crippen LogP contribution in [0.5, 0.6) is 0 Å². The van der Waals surface area contributed by atoms with Gasteiger partial charge in [0.05, 0.1) is 17.4 Å². The maximum Gasteiger partial charge on any atom is 0.251 e. The lowest BCUT2D eigenvalue weighted by molar-refractivity contribution is 0.0924. The average molecular weight is 336 g/mol. The van der Waals surface area contributed by atoms with Gasteiger partial charge in [-0.1, -0.05) is 26.0 Å². The van der Waals surface area contributed by atoms with E-state index in [0.29, 0.717) is 5.56 Å². The number of amides is 1. The SMILES string of the molecule is Cc1cccnc1C(NC(=O)c1cccc(-n2cnnn2)c1)C(C)C. The predicted octanol–water partition coefficient (Wildman–Crippen LogP) is 2.49. The van der Waals surface area contributed by atoms with Gasteiger partial charge in [0, 0.05) is 11.8 Å². The lowest BCUT2D eigenvalue weighted by Gasteiger charge is -2.23. The zero-order valence-corrected chi connectivity index (χ0v) is 14.4. The molecule has 0 saturated carbocycles. The second-order valence-corrected chi connectivity index (χ2v) is 6.21. The summed E-state index contributed by atoms with van der Waals surface area (Å²) in [6.45, 7) is 6.13. The molecular weight excluding hydrogens is 316 g/mol. The van der Waals surface area contributed by atoms with Crippen LogP contribution in [0.1, 0.15) is 41.5 Å². The summed E-state index contributed by atoms with van der Waals surface area (Å²) in [6.07, 6.45) is 3.24. The van der Waals surface area contributed by atoms with Gasteiger partial charge in [-0.05, 0) is 53.1 Å². The van der Waals surface area contributed by atoms with Crippen LogP contribution in [-0.2, 0) is 0 Å². The van der Waals surface area contributed by atoms with E-state index in [1.807, 2.05) is 31.2 Å². The molecule has 7 nitrogen and oxygen atoms in total. The number of hydrogen-bond donors (Lipinski definition) is 1. The summed E-state index contributed by atoms with van der Waals surface area (Å²) in [6, 6.07) is 10.9. The van der Waals surface area contributed by atoms with Crippen LogP contribution in [0, 0.1) is 12.8 Å². The Morgan fingerprint density at radius 1 is 1.20 bits per heavy atom. The first-order chi connectivity index (χ1) is 12.1. The van der Waals surface area contributed by atoms with E-state index in [9.17, 15) is 4.79 Å². The van der Waals surface area contributed by atoms with Crippen molar-refractivity contribution in [1.82, 2.24) is 30.5 Å². The summed E-state index contributed by atoms with van der Waals surface area (Å²) in [5, 5.41) is 14.2. The number of carbonyl (C=O) groups excluding carboxylic acids is 1. The zero-order chi connectivity index (χ0) is 17.8. The van der Waals surface area contributed by atoms with Crippen molar-refractivity contribution in [2.75, 3.05) is 0 Å². The Morgan fingerprint density at radius 3 is 2.72 bits per heavy atom. The molecule has 1 N–H and O–H groups in total. The minimum absolute atomic E-state index is 0.154. The number of aromatic nitrogens is 5. The van der Waals surface area contributed by atoms with E-state index in [4.69, 9.17) is 0 Å². The summed E-state index contributed by atoms with van der Waals surface area (Å²) in [4.78, 5) is 17.2. The molecule has 128 valence electrons. The van der Waals surface area contributed by atoms with Crippen molar-refractivity contribution < 1.29 is 4.79 Å². The molecule has 0 aliphatic rings. The fourth-order valence-corrected chi connectivity index (χ4v) is 2.67. The van der Waals surface area contributed by atoms with Crippen LogP contribution in [0.3, 0.4) is 0 Å². The van der Waals surface area contributed by atoms with Gasteiger partial charge in [0.2, 0.25) is 0 Å². The lowest BCUT2D eigenvalue weighted by atomic mass is 9.97. The molecular formula is C18H20N6O. The first kappa shape index (κ1) is 16.8. The molecule has 1 unspecified atom stereocenters. The molecule has 1 aromatic carbocycles. The molecule has 3 aromatic rings. The van der Waals surface area contributed by atoms with E-state index in [2.05, 4.69) is 39.7 Å². The predicted molar refractivity (Wildman–Crippen MR) is 93.2 cm³/mol. The highest BCUT2D eigenvalue weighted by molar-refractivity contribution is 5.95. The van der Waals surface area contributed by atoms with Crippen LogP contribution in [0.4, 0.5) is 0 Å². The molecule has 1 atom stereocenters. The van der Waals surface area contributed by atoms with Gasteiger partial charge in [-0.25, -0.2) is 4.68 Å². The van der Waals surface area contributed by atoms with Crippen molar-refractivity contribution >= 4 is 5.91 Å². The van der Waals surface area contributed by atoms with Crippen LogP contribution in [0.15, 0.2) is 48.9 Å². The maximum absolute atomic E-state index is 12.8. The third kappa shape index (κ3) is 3.71. The van der Waals surface area contributed by atoms with Crippen molar-refractivity contribution in [3.63, 3.8) is 0 Å². The van der Waals surface area contributed by atoms with Crippen molar-refractivity contribution in [1.29, 1.82) is 0 Å². The first-order valence-corrected chi connectivity index (χ1v) is 8.12. The standard InChI is InChI=1S/C18H20N6O/c1-12(2)16(17-13(3)6-5-9-19-17)21-18(25)14-7-4-8-15(10-14)24-11-20-22-23-24/h4-12,16H,1-3H3,(H,21,25). The van der Waals surface area contributed by atoms with E-state index < -0.39 is 0 Å². The third-order valence-corrected chi connectivity index (χ3v) is 4.02. The quantitative estimate of drug-likeness (QED) is 0.773. The Labute approximate surface area is 146 Å². The molecule has 0 bridgehead atoms. The van der Waals surface area contributed by atoms with Crippen LogP contribution in [0.25, 0.3) is 5.69 Å². The van der Waals surface area contributed by atoms with Crippen molar-refractivity contribution in [2.24, 2.45) is 5.92 Å². The number of rotatable bonds is 5. The van der Waals surface area contributed by atoms with Gasteiger partial charge in [-0.2, -0.15) is 0 Å². The maximum atomic E-state index is 12.8. The van der Waals surface area contributed by atoms with Gasteiger partial charge in [0.15, 0.2) is 0 Å². The summed E-state index contributed by atoms with van der Waals surface area (Å²) in [5.41, 5.74) is 3.23. The molecule has 7 heteroatoms. The molecule has 25 heavy (non-hydrogen) atoms. The highest BCUT2D eigenvalue weighted by Gasteiger charge is 2.22. The monoisotopic (exact) mass is 336 g/mol. The number of hydrogen-bond acceptors (Lipinski definition) is 5. The first-order valence-electron chi connectivity index (χ1n) is 8.12. The molecule has 0 aliphatic heterocycles. The number of tetrazole rings is 1. The van der Waals surface area contributed by atoms with Gasteiger partial charge < -0.3 is 5.32 Å². The Bertz CT molecular complexity index is 860. The molecule has 0 radical (unpaired) electrons. The second kappa shape index (κ2) is 7.21. The van der Waals surface area contributed by atoms with Crippen LogP contribution in [-0.4, -0.2) is 31.1 Å². The summed E-state index contributed by atoms with van der Waals surface area (Å²) in [7, 11) is 0. The zero-order valence-electron chi connectivity index (χ0n) is 14.4. The molecule has 0 aliphatic carbocycles. The molecule has 2 heterocycles. The Hall–Kier alpha value is -3.09. The summed E-state index contributed by atoms with van der Waals surface area (Å²) < 4.78 is 1.51. The number of pyridine rings is 1. The van der Waals surface area contributed by atoms with Gasteiger partial charge >= 0.3 is 0 Å².